The minimum absolute atomic E-state index is 0.250. The fourth-order valence-electron chi connectivity index (χ4n) is 2.47. The second-order valence-corrected chi connectivity index (χ2v) is 5.57. The molecule has 130 valence electrons. The van der Waals surface area contributed by atoms with Crippen molar-refractivity contribution in [2.75, 3.05) is 19.5 Å². The first-order valence-corrected chi connectivity index (χ1v) is 7.77. The van der Waals surface area contributed by atoms with Crippen LogP contribution in [0.25, 0.3) is 6.08 Å². The molecule has 0 aliphatic carbocycles. The highest BCUT2D eigenvalue weighted by atomic mass is 16.5. The summed E-state index contributed by atoms with van der Waals surface area (Å²) in [5.74, 6) is 0.131. The fraction of sp³-hybridized carbons (Fsp3) is 0.200. The molecule has 0 bridgehead atoms. The predicted octanol–water partition coefficient (Wildman–Crippen LogP) is 3.75. The Kier molecular flexibility index (Phi) is 5.95. The molecule has 1 N–H and O–H groups in total. The summed E-state index contributed by atoms with van der Waals surface area (Å²) >= 11 is 0. The number of amides is 1. The highest BCUT2D eigenvalue weighted by Gasteiger charge is 2.06. The molecule has 1 amide bonds. The number of esters is 1. The quantitative estimate of drug-likeness (QED) is 0.665. The number of hydrogen-bond acceptors (Lipinski definition) is 4. The molecule has 5 nitrogen and oxygen atoms in total. The van der Waals surface area contributed by atoms with Gasteiger partial charge in [-0.2, -0.15) is 0 Å². The SMILES string of the molecule is COC(=O)c1ccc(NC(=O)/C=C/c2c(C)cc(OC)cc2C)cc1. The average Bonchev–Trinajstić information content (AvgIpc) is 2.60. The lowest BCUT2D eigenvalue weighted by Gasteiger charge is -2.09. The van der Waals surface area contributed by atoms with Gasteiger partial charge in [0, 0.05) is 11.8 Å². The van der Waals surface area contributed by atoms with E-state index in [2.05, 4.69) is 10.1 Å². The topological polar surface area (TPSA) is 64.6 Å². The van der Waals surface area contributed by atoms with Crippen LogP contribution in [0.2, 0.25) is 0 Å². The summed E-state index contributed by atoms with van der Waals surface area (Å²) in [7, 11) is 2.95. The first-order chi connectivity index (χ1) is 11.9. The third-order valence-corrected chi connectivity index (χ3v) is 3.78. The van der Waals surface area contributed by atoms with Crippen molar-refractivity contribution in [1.82, 2.24) is 0 Å². The molecule has 0 atom stereocenters. The van der Waals surface area contributed by atoms with Crippen LogP contribution >= 0.6 is 0 Å². The normalized spacial score (nSPS) is 10.6. The lowest BCUT2D eigenvalue weighted by molar-refractivity contribution is -0.111. The van der Waals surface area contributed by atoms with Gasteiger partial charge in [-0.3, -0.25) is 4.79 Å². The molecule has 0 saturated heterocycles. The number of benzene rings is 2. The van der Waals surface area contributed by atoms with Crippen LogP contribution in [0.4, 0.5) is 5.69 Å². The number of methoxy groups -OCH3 is 2. The first kappa shape index (κ1) is 18.3. The summed E-state index contributed by atoms with van der Waals surface area (Å²) in [6, 6.07) is 10.4. The van der Waals surface area contributed by atoms with Gasteiger partial charge >= 0.3 is 5.97 Å². The molecular weight excluding hydrogens is 318 g/mol. The van der Waals surface area contributed by atoms with Crippen molar-refractivity contribution in [2.45, 2.75) is 13.8 Å². The smallest absolute Gasteiger partial charge is 0.337 e. The summed E-state index contributed by atoms with van der Waals surface area (Å²) in [6.07, 6.45) is 3.26. The second-order valence-electron chi connectivity index (χ2n) is 5.57. The summed E-state index contributed by atoms with van der Waals surface area (Å²) in [4.78, 5) is 23.5. The highest BCUT2D eigenvalue weighted by Crippen LogP contribution is 2.22. The molecule has 0 unspecified atom stereocenters. The van der Waals surface area contributed by atoms with Gasteiger partial charge in [0.15, 0.2) is 0 Å². The summed E-state index contributed by atoms with van der Waals surface area (Å²) < 4.78 is 9.87. The van der Waals surface area contributed by atoms with Crippen LogP contribution in [-0.4, -0.2) is 26.1 Å². The number of anilines is 1. The van der Waals surface area contributed by atoms with Gasteiger partial charge in [0.05, 0.1) is 19.8 Å². The zero-order chi connectivity index (χ0) is 18.4. The van der Waals surface area contributed by atoms with E-state index in [1.807, 2.05) is 26.0 Å². The van der Waals surface area contributed by atoms with Crippen LogP contribution in [0, 0.1) is 13.8 Å². The molecule has 2 rings (SSSR count). The number of hydrogen-bond donors (Lipinski definition) is 1. The average molecular weight is 339 g/mol. The Bertz CT molecular complexity index is 784. The van der Waals surface area contributed by atoms with Crippen LogP contribution in [0.5, 0.6) is 5.75 Å². The van der Waals surface area contributed by atoms with Crippen molar-refractivity contribution in [3.8, 4) is 5.75 Å². The Balaban J connectivity index is 2.07. The number of ether oxygens (including phenoxy) is 2. The van der Waals surface area contributed by atoms with Gasteiger partial charge in [0.1, 0.15) is 5.75 Å². The molecular formula is C20H21NO4. The van der Waals surface area contributed by atoms with E-state index in [9.17, 15) is 9.59 Å². The zero-order valence-corrected chi connectivity index (χ0v) is 14.8. The summed E-state index contributed by atoms with van der Waals surface area (Å²) in [5.41, 5.74) is 4.08. The maximum atomic E-state index is 12.1. The predicted molar refractivity (Wildman–Crippen MR) is 97.9 cm³/mol. The second kappa shape index (κ2) is 8.15. The van der Waals surface area contributed by atoms with Crippen LogP contribution in [-0.2, 0) is 9.53 Å². The van der Waals surface area contributed by atoms with E-state index < -0.39 is 5.97 Å². The van der Waals surface area contributed by atoms with E-state index >= 15 is 0 Å². The van der Waals surface area contributed by atoms with Crippen molar-refractivity contribution in [1.29, 1.82) is 0 Å². The van der Waals surface area contributed by atoms with Crippen LogP contribution in [0.3, 0.4) is 0 Å². The Labute approximate surface area is 147 Å². The van der Waals surface area contributed by atoms with Crippen molar-refractivity contribution < 1.29 is 19.1 Å². The number of carbonyl (C=O) groups excluding carboxylic acids is 2. The van der Waals surface area contributed by atoms with Gasteiger partial charge < -0.3 is 14.8 Å². The van der Waals surface area contributed by atoms with Crippen LogP contribution in [0.15, 0.2) is 42.5 Å². The van der Waals surface area contributed by atoms with Gasteiger partial charge in [-0.05, 0) is 73.0 Å². The molecule has 2 aromatic carbocycles. The van der Waals surface area contributed by atoms with Gasteiger partial charge in [-0.1, -0.05) is 0 Å². The van der Waals surface area contributed by atoms with E-state index in [0.29, 0.717) is 11.3 Å². The van der Waals surface area contributed by atoms with E-state index in [-0.39, 0.29) is 5.91 Å². The van der Waals surface area contributed by atoms with E-state index in [0.717, 1.165) is 22.4 Å². The zero-order valence-electron chi connectivity index (χ0n) is 14.8. The van der Waals surface area contributed by atoms with Crippen molar-refractivity contribution in [2.24, 2.45) is 0 Å². The third-order valence-electron chi connectivity index (χ3n) is 3.78. The third kappa shape index (κ3) is 4.70. The monoisotopic (exact) mass is 339 g/mol. The van der Waals surface area contributed by atoms with Crippen molar-refractivity contribution in [3.63, 3.8) is 0 Å². The van der Waals surface area contributed by atoms with Gasteiger partial charge in [-0.15, -0.1) is 0 Å². The molecule has 0 aliphatic heterocycles. The Morgan fingerprint density at radius 3 is 2.12 bits per heavy atom. The molecule has 2 aromatic rings. The Morgan fingerprint density at radius 1 is 1.00 bits per heavy atom. The molecule has 25 heavy (non-hydrogen) atoms. The lowest BCUT2D eigenvalue weighted by Crippen LogP contribution is -2.08. The van der Waals surface area contributed by atoms with Gasteiger partial charge in [-0.25, -0.2) is 4.79 Å². The number of carbonyl (C=O) groups is 2. The van der Waals surface area contributed by atoms with Crippen molar-refractivity contribution in [3.05, 3.63) is 64.7 Å². The molecule has 0 radical (unpaired) electrons. The Morgan fingerprint density at radius 2 is 1.60 bits per heavy atom. The minimum Gasteiger partial charge on any atom is -0.497 e. The lowest BCUT2D eigenvalue weighted by atomic mass is 10.0. The highest BCUT2D eigenvalue weighted by molar-refractivity contribution is 6.02. The summed E-state index contributed by atoms with van der Waals surface area (Å²) in [5, 5.41) is 2.76. The van der Waals surface area contributed by atoms with Gasteiger partial charge in [0.2, 0.25) is 5.91 Å². The maximum Gasteiger partial charge on any atom is 0.337 e. The molecule has 0 fully saturated rings. The van der Waals surface area contributed by atoms with Gasteiger partial charge in [0.25, 0.3) is 0 Å². The molecule has 0 spiro atoms. The molecule has 5 heteroatoms. The van der Waals surface area contributed by atoms with Crippen molar-refractivity contribution >= 4 is 23.6 Å². The molecule has 0 aliphatic rings. The van der Waals surface area contributed by atoms with Crippen LogP contribution < -0.4 is 10.1 Å². The summed E-state index contributed by atoms with van der Waals surface area (Å²) in [6.45, 7) is 3.94. The number of nitrogens with one attached hydrogen (secondary N) is 1. The van der Waals surface area contributed by atoms with E-state index in [1.54, 1.807) is 37.5 Å². The van der Waals surface area contributed by atoms with E-state index in [4.69, 9.17) is 4.74 Å². The largest absolute Gasteiger partial charge is 0.497 e. The maximum absolute atomic E-state index is 12.1. The fourth-order valence-corrected chi connectivity index (χ4v) is 2.47. The number of aryl methyl sites for hydroxylation is 2. The minimum atomic E-state index is -0.414. The van der Waals surface area contributed by atoms with Crippen LogP contribution in [0.1, 0.15) is 27.0 Å². The molecule has 0 heterocycles. The Hall–Kier alpha value is -3.08. The molecule has 0 aromatic heterocycles. The van der Waals surface area contributed by atoms with E-state index in [1.165, 1.54) is 13.2 Å². The standard InChI is InChI=1S/C20H21NO4/c1-13-11-17(24-3)12-14(2)18(13)9-10-19(22)21-16-7-5-15(6-8-16)20(23)25-4/h5-12H,1-4H3,(H,21,22)/b10-9+. The molecule has 0 saturated carbocycles. The number of rotatable bonds is 5. The first-order valence-electron chi connectivity index (χ1n) is 7.77.